The van der Waals surface area contributed by atoms with Crippen LogP contribution in [0.2, 0.25) is 0 Å². The van der Waals surface area contributed by atoms with Crippen LogP contribution in [-0.4, -0.2) is 31.3 Å². The maximum absolute atomic E-state index is 6.14. The molecule has 2 nitrogen and oxygen atoms in total. The summed E-state index contributed by atoms with van der Waals surface area (Å²) in [4.78, 5) is 0. The highest BCUT2D eigenvalue weighted by atomic mass is 33.1. The average molecular weight is 554 g/mol. The van der Waals surface area contributed by atoms with Crippen LogP contribution >= 0.6 is 21.6 Å². The van der Waals surface area contributed by atoms with Crippen molar-refractivity contribution in [2.24, 2.45) is 17.8 Å². The number of unbranched alkanes of at least 4 members (excludes halogenated alkanes) is 9. The van der Waals surface area contributed by atoms with Crippen LogP contribution in [0.1, 0.15) is 125 Å². The molecule has 0 saturated carbocycles. The standard InChI is InChI=1S/C33H63NOS2/c1-7-10-11-12-13-14-15-16-17-18-19-20-21-22-23-24-25-35-27-32(31(6)8-2)28-36-37-29-33(9-3)34-26-30(4)5/h9,13-14,16-17,30-32,34H,7-8,10-12,15,18-29H2,1-6H3/b14-13-,17-16-,33-9-. The van der Waals surface area contributed by atoms with E-state index in [1.165, 1.54) is 88.5 Å². The number of hydrogen-bond donors (Lipinski definition) is 1. The predicted molar refractivity (Wildman–Crippen MR) is 175 cm³/mol. The van der Waals surface area contributed by atoms with Crippen molar-refractivity contribution in [1.29, 1.82) is 0 Å². The Labute approximate surface area is 241 Å². The molecular formula is C33H63NOS2. The Bertz CT molecular complexity index is 559. The summed E-state index contributed by atoms with van der Waals surface area (Å²) in [7, 11) is 4.00. The summed E-state index contributed by atoms with van der Waals surface area (Å²) in [6.07, 6.45) is 28.4. The summed E-state index contributed by atoms with van der Waals surface area (Å²) in [6, 6.07) is 0. The van der Waals surface area contributed by atoms with E-state index in [0.29, 0.717) is 11.8 Å². The van der Waals surface area contributed by atoms with Crippen molar-refractivity contribution >= 4 is 21.6 Å². The zero-order chi connectivity index (χ0) is 27.4. The van der Waals surface area contributed by atoms with E-state index in [1.54, 1.807) is 0 Å². The van der Waals surface area contributed by atoms with Crippen molar-refractivity contribution in [2.45, 2.75) is 125 Å². The van der Waals surface area contributed by atoms with Gasteiger partial charge in [0.1, 0.15) is 0 Å². The lowest BCUT2D eigenvalue weighted by molar-refractivity contribution is 0.0849. The largest absolute Gasteiger partial charge is 0.388 e. The first-order chi connectivity index (χ1) is 18.0. The summed E-state index contributed by atoms with van der Waals surface area (Å²) in [6.45, 7) is 16.5. The first kappa shape index (κ1) is 36.7. The topological polar surface area (TPSA) is 21.3 Å². The third-order valence-corrected chi connectivity index (χ3v) is 9.36. The normalized spacial score (nSPS) is 14.3. The highest BCUT2D eigenvalue weighted by Crippen LogP contribution is 2.29. The summed E-state index contributed by atoms with van der Waals surface area (Å²) >= 11 is 0. The Kier molecular flexibility index (Phi) is 28.4. The van der Waals surface area contributed by atoms with Gasteiger partial charge in [-0.1, -0.05) is 132 Å². The zero-order valence-electron chi connectivity index (χ0n) is 25.6. The summed E-state index contributed by atoms with van der Waals surface area (Å²) in [5.74, 6) is 4.32. The lowest BCUT2D eigenvalue weighted by Gasteiger charge is -2.22. The monoisotopic (exact) mass is 553 g/mol. The van der Waals surface area contributed by atoms with Crippen molar-refractivity contribution in [3.8, 4) is 0 Å². The smallest absolute Gasteiger partial charge is 0.0505 e. The van der Waals surface area contributed by atoms with Crippen LogP contribution in [-0.2, 0) is 4.74 Å². The summed E-state index contributed by atoms with van der Waals surface area (Å²) in [5, 5.41) is 3.58. The molecule has 0 aromatic heterocycles. The number of ether oxygens (including phenoxy) is 1. The molecule has 0 aliphatic rings. The number of hydrogen-bond acceptors (Lipinski definition) is 4. The number of rotatable bonds is 27. The van der Waals surface area contributed by atoms with Gasteiger partial charge in [-0.25, -0.2) is 0 Å². The molecule has 2 atom stereocenters. The minimum atomic E-state index is 0.657. The minimum absolute atomic E-state index is 0.657. The minimum Gasteiger partial charge on any atom is -0.388 e. The van der Waals surface area contributed by atoms with Gasteiger partial charge in [-0.15, -0.1) is 0 Å². The van der Waals surface area contributed by atoms with Gasteiger partial charge < -0.3 is 10.1 Å². The fourth-order valence-electron chi connectivity index (χ4n) is 3.95. The van der Waals surface area contributed by atoms with Gasteiger partial charge in [-0.3, -0.25) is 0 Å². The van der Waals surface area contributed by atoms with E-state index in [1.807, 2.05) is 21.6 Å². The van der Waals surface area contributed by atoms with Crippen LogP contribution in [0.4, 0.5) is 0 Å². The lowest BCUT2D eigenvalue weighted by Crippen LogP contribution is -2.21. The third-order valence-electron chi connectivity index (χ3n) is 6.94. The summed E-state index contributed by atoms with van der Waals surface area (Å²) < 4.78 is 6.14. The Morgan fingerprint density at radius 2 is 1.46 bits per heavy atom. The van der Waals surface area contributed by atoms with E-state index in [0.717, 1.165) is 37.9 Å². The van der Waals surface area contributed by atoms with Gasteiger partial charge in [0.2, 0.25) is 0 Å². The van der Waals surface area contributed by atoms with Gasteiger partial charge >= 0.3 is 0 Å². The van der Waals surface area contributed by atoms with Gasteiger partial charge in [0.15, 0.2) is 0 Å². The molecule has 0 radical (unpaired) electrons. The highest BCUT2D eigenvalue weighted by Gasteiger charge is 2.16. The van der Waals surface area contributed by atoms with Crippen molar-refractivity contribution in [3.63, 3.8) is 0 Å². The van der Waals surface area contributed by atoms with Gasteiger partial charge in [0, 0.05) is 30.4 Å². The lowest BCUT2D eigenvalue weighted by atomic mass is 9.94. The first-order valence-corrected chi connectivity index (χ1v) is 18.0. The molecular weight excluding hydrogens is 491 g/mol. The highest BCUT2D eigenvalue weighted by molar-refractivity contribution is 8.76. The first-order valence-electron chi connectivity index (χ1n) is 15.6. The Balaban J connectivity index is 3.73. The predicted octanol–water partition coefficient (Wildman–Crippen LogP) is 11.0. The second-order valence-electron chi connectivity index (χ2n) is 10.9. The van der Waals surface area contributed by atoms with Crippen molar-refractivity contribution in [3.05, 3.63) is 36.1 Å². The molecule has 218 valence electrons. The molecule has 0 rings (SSSR count). The third kappa shape index (κ3) is 25.7. The number of nitrogens with one attached hydrogen (secondary N) is 1. The second kappa shape index (κ2) is 28.7. The fraction of sp³-hybridized carbons (Fsp3) is 0.818. The molecule has 0 aliphatic carbocycles. The summed E-state index contributed by atoms with van der Waals surface area (Å²) in [5.41, 5.74) is 1.36. The van der Waals surface area contributed by atoms with E-state index in [9.17, 15) is 0 Å². The Morgan fingerprint density at radius 1 is 0.811 bits per heavy atom. The molecule has 0 amide bonds. The van der Waals surface area contributed by atoms with Crippen molar-refractivity contribution < 1.29 is 4.74 Å². The average Bonchev–Trinajstić information content (AvgIpc) is 2.90. The zero-order valence-corrected chi connectivity index (χ0v) is 27.2. The van der Waals surface area contributed by atoms with Crippen molar-refractivity contribution in [2.75, 3.05) is 31.3 Å². The number of allylic oxidation sites excluding steroid dienone is 5. The molecule has 0 heterocycles. The van der Waals surface area contributed by atoms with Crippen LogP contribution in [0, 0.1) is 17.8 Å². The maximum Gasteiger partial charge on any atom is 0.0505 e. The van der Waals surface area contributed by atoms with Gasteiger partial charge in [0.25, 0.3) is 0 Å². The Morgan fingerprint density at radius 3 is 2.08 bits per heavy atom. The van der Waals surface area contributed by atoms with E-state index >= 15 is 0 Å². The second-order valence-corrected chi connectivity index (χ2v) is 13.4. The van der Waals surface area contributed by atoms with Gasteiger partial charge in [0.05, 0.1) is 6.61 Å². The quantitative estimate of drug-likeness (QED) is 0.0620. The van der Waals surface area contributed by atoms with Crippen LogP contribution in [0.15, 0.2) is 36.1 Å². The molecule has 0 fully saturated rings. The molecule has 0 aromatic carbocycles. The molecule has 0 bridgehead atoms. The molecule has 1 N–H and O–H groups in total. The molecule has 37 heavy (non-hydrogen) atoms. The van der Waals surface area contributed by atoms with Crippen LogP contribution in [0.3, 0.4) is 0 Å². The molecule has 0 aromatic rings. The molecule has 0 saturated heterocycles. The molecule has 4 heteroatoms. The van der Waals surface area contributed by atoms with E-state index in [2.05, 4.69) is 77.2 Å². The maximum atomic E-state index is 6.14. The van der Waals surface area contributed by atoms with Gasteiger partial charge in [-0.05, 0) is 63.2 Å². The van der Waals surface area contributed by atoms with E-state index < -0.39 is 0 Å². The Hall–Kier alpha value is -0.320. The van der Waals surface area contributed by atoms with Crippen LogP contribution in [0.5, 0.6) is 0 Å². The molecule has 0 spiro atoms. The fourth-order valence-corrected chi connectivity index (χ4v) is 6.57. The van der Waals surface area contributed by atoms with E-state index in [4.69, 9.17) is 4.74 Å². The van der Waals surface area contributed by atoms with Crippen LogP contribution in [0.25, 0.3) is 0 Å². The SMILES string of the molecule is C/C=C(/CSSCC(COCCCCCCCC/C=C\C/C=C\CCCCC)C(C)CC)NCC(C)C. The molecule has 2 unspecified atom stereocenters. The van der Waals surface area contributed by atoms with E-state index in [-0.39, 0.29) is 0 Å². The molecule has 0 aliphatic heterocycles. The van der Waals surface area contributed by atoms with Gasteiger partial charge in [-0.2, -0.15) is 0 Å². The van der Waals surface area contributed by atoms with Crippen molar-refractivity contribution in [1.82, 2.24) is 5.32 Å². The van der Waals surface area contributed by atoms with Crippen LogP contribution < -0.4 is 5.32 Å².